The Kier molecular flexibility index (Phi) is 5.67. The Morgan fingerprint density at radius 3 is 2.57 bits per heavy atom. The van der Waals surface area contributed by atoms with Gasteiger partial charge in [0, 0.05) is 25.8 Å². The van der Waals surface area contributed by atoms with Crippen LogP contribution in [0.25, 0.3) is 0 Å². The van der Waals surface area contributed by atoms with Crippen LogP contribution in [-0.2, 0) is 19.6 Å². The van der Waals surface area contributed by atoms with E-state index in [1.54, 1.807) is 18.3 Å². The molecule has 8 nitrogen and oxygen atoms in total. The molecule has 126 valence electrons. The van der Waals surface area contributed by atoms with Gasteiger partial charge in [0.15, 0.2) is 0 Å². The van der Waals surface area contributed by atoms with Gasteiger partial charge in [-0.1, -0.05) is 0 Å². The predicted molar refractivity (Wildman–Crippen MR) is 85.0 cm³/mol. The molecule has 1 aromatic rings. The van der Waals surface area contributed by atoms with Crippen molar-refractivity contribution < 1.29 is 18.0 Å². The third-order valence-corrected chi connectivity index (χ3v) is 5.02. The molecule has 23 heavy (non-hydrogen) atoms. The number of sulfonamides is 1. The van der Waals surface area contributed by atoms with Crippen LogP contribution in [0.4, 0.5) is 5.69 Å². The fourth-order valence-corrected chi connectivity index (χ4v) is 3.26. The maximum Gasteiger partial charge on any atom is 0.313 e. The van der Waals surface area contributed by atoms with E-state index < -0.39 is 21.8 Å². The smallest absolute Gasteiger partial charge is 0.313 e. The molecular formula is C14H20N4O4S. The van der Waals surface area contributed by atoms with Crippen molar-refractivity contribution in [2.75, 3.05) is 31.2 Å². The molecule has 0 aliphatic carbocycles. The summed E-state index contributed by atoms with van der Waals surface area (Å²) >= 11 is 0. The molecule has 1 aliphatic rings. The maximum absolute atomic E-state index is 11.8. The molecule has 1 saturated heterocycles. The summed E-state index contributed by atoms with van der Waals surface area (Å²) in [5.41, 5.74) is 0.453. The van der Waals surface area contributed by atoms with Crippen LogP contribution in [-0.4, -0.2) is 55.4 Å². The fraction of sp³-hybridized carbons (Fsp3) is 0.500. The molecule has 1 fully saturated rings. The van der Waals surface area contributed by atoms with E-state index in [9.17, 15) is 18.0 Å². The number of anilines is 1. The normalized spacial score (nSPS) is 16.7. The Bertz CT molecular complexity index is 655. The van der Waals surface area contributed by atoms with E-state index in [1.165, 1.54) is 16.8 Å². The van der Waals surface area contributed by atoms with E-state index in [1.807, 2.05) is 0 Å². The lowest BCUT2D eigenvalue weighted by molar-refractivity contribution is -0.136. The number of carbonyl (C=O) groups excluding carboxylic acids is 2. The SMILES string of the molecule is CS(=O)(=O)N1CCC(CNC(=O)C(=O)Nc2cccnc2)CC1. The number of hydrogen-bond acceptors (Lipinski definition) is 5. The first-order valence-corrected chi connectivity index (χ1v) is 9.15. The number of nitrogens with zero attached hydrogens (tertiary/aromatic N) is 2. The zero-order valence-electron chi connectivity index (χ0n) is 12.9. The van der Waals surface area contributed by atoms with E-state index in [2.05, 4.69) is 15.6 Å². The third kappa shape index (κ3) is 5.29. The molecule has 2 heterocycles. The summed E-state index contributed by atoms with van der Waals surface area (Å²) < 4.78 is 24.3. The van der Waals surface area contributed by atoms with Gasteiger partial charge in [0.2, 0.25) is 10.0 Å². The molecule has 0 spiro atoms. The minimum atomic E-state index is -3.15. The lowest BCUT2D eigenvalue weighted by Crippen LogP contribution is -2.43. The second kappa shape index (κ2) is 7.51. The Labute approximate surface area is 135 Å². The van der Waals surface area contributed by atoms with Gasteiger partial charge in [0.1, 0.15) is 0 Å². The lowest BCUT2D eigenvalue weighted by atomic mass is 9.98. The van der Waals surface area contributed by atoms with Gasteiger partial charge in [-0.2, -0.15) is 0 Å². The molecule has 0 unspecified atom stereocenters. The molecule has 1 aromatic heterocycles. The van der Waals surface area contributed by atoms with Gasteiger partial charge < -0.3 is 10.6 Å². The minimum absolute atomic E-state index is 0.170. The number of hydrogen-bond donors (Lipinski definition) is 2. The van der Waals surface area contributed by atoms with Crippen LogP contribution in [0.1, 0.15) is 12.8 Å². The van der Waals surface area contributed by atoms with Crippen LogP contribution in [0.3, 0.4) is 0 Å². The van der Waals surface area contributed by atoms with Gasteiger partial charge in [0.05, 0.1) is 18.1 Å². The first-order valence-electron chi connectivity index (χ1n) is 7.30. The number of pyridine rings is 1. The minimum Gasteiger partial charge on any atom is -0.348 e. The Morgan fingerprint density at radius 2 is 2.00 bits per heavy atom. The van der Waals surface area contributed by atoms with Gasteiger partial charge in [-0.25, -0.2) is 12.7 Å². The van der Waals surface area contributed by atoms with Crippen molar-refractivity contribution in [1.82, 2.24) is 14.6 Å². The Balaban J connectivity index is 1.74. The molecule has 2 N–H and O–H groups in total. The van der Waals surface area contributed by atoms with E-state index in [-0.39, 0.29) is 5.92 Å². The molecule has 0 atom stereocenters. The van der Waals surface area contributed by atoms with E-state index in [0.29, 0.717) is 38.2 Å². The zero-order valence-corrected chi connectivity index (χ0v) is 13.7. The van der Waals surface area contributed by atoms with Crippen LogP contribution in [0.2, 0.25) is 0 Å². The second-order valence-electron chi connectivity index (χ2n) is 5.51. The average Bonchev–Trinajstić information content (AvgIpc) is 2.53. The summed E-state index contributed by atoms with van der Waals surface area (Å²) in [6.07, 6.45) is 5.54. The van der Waals surface area contributed by atoms with Gasteiger partial charge in [-0.15, -0.1) is 0 Å². The summed E-state index contributed by atoms with van der Waals surface area (Å²) in [7, 11) is -3.15. The first kappa shape index (κ1) is 17.4. The monoisotopic (exact) mass is 340 g/mol. The topological polar surface area (TPSA) is 108 Å². The number of rotatable bonds is 4. The highest BCUT2D eigenvalue weighted by atomic mass is 32.2. The molecule has 0 bridgehead atoms. The van der Waals surface area contributed by atoms with Gasteiger partial charge in [-0.05, 0) is 30.9 Å². The largest absolute Gasteiger partial charge is 0.348 e. The maximum atomic E-state index is 11.8. The second-order valence-corrected chi connectivity index (χ2v) is 7.49. The Morgan fingerprint density at radius 1 is 1.30 bits per heavy atom. The highest BCUT2D eigenvalue weighted by Crippen LogP contribution is 2.18. The quantitative estimate of drug-likeness (QED) is 0.739. The van der Waals surface area contributed by atoms with Crippen LogP contribution < -0.4 is 10.6 Å². The number of amides is 2. The summed E-state index contributed by atoms with van der Waals surface area (Å²) in [6, 6.07) is 3.29. The van der Waals surface area contributed by atoms with Crippen molar-refractivity contribution in [3.63, 3.8) is 0 Å². The lowest BCUT2D eigenvalue weighted by Gasteiger charge is -2.30. The fourth-order valence-electron chi connectivity index (χ4n) is 2.39. The average molecular weight is 340 g/mol. The Hall–Kier alpha value is -2.00. The number of aromatic nitrogens is 1. The van der Waals surface area contributed by atoms with E-state index in [0.717, 1.165) is 0 Å². The summed E-state index contributed by atoms with van der Waals surface area (Å²) in [5.74, 6) is -1.28. The molecule has 1 aliphatic heterocycles. The highest BCUT2D eigenvalue weighted by Gasteiger charge is 2.25. The molecular weight excluding hydrogens is 320 g/mol. The van der Waals surface area contributed by atoms with Crippen molar-refractivity contribution in [2.45, 2.75) is 12.8 Å². The summed E-state index contributed by atoms with van der Waals surface area (Å²) in [4.78, 5) is 27.3. The van der Waals surface area contributed by atoms with Crippen molar-refractivity contribution in [2.24, 2.45) is 5.92 Å². The molecule has 0 aromatic carbocycles. The van der Waals surface area contributed by atoms with Gasteiger partial charge in [-0.3, -0.25) is 14.6 Å². The molecule has 2 amide bonds. The van der Waals surface area contributed by atoms with Crippen LogP contribution in [0.15, 0.2) is 24.5 Å². The standard InChI is InChI=1S/C14H20N4O4S/c1-23(21,22)18-7-4-11(5-8-18)9-16-13(19)14(20)17-12-3-2-6-15-10-12/h2-3,6,10-11H,4-5,7-9H2,1H3,(H,16,19)(H,17,20). The molecule has 2 rings (SSSR count). The zero-order chi connectivity index (χ0) is 16.9. The van der Waals surface area contributed by atoms with Crippen molar-refractivity contribution >= 4 is 27.5 Å². The van der Waals surface area contributed by atoms with E-state index >= 15 is 0 Å². The number of piperidine rings is 1. The summed E-state index contributed by atoms with van der Waals surface area (Å²) in [6.45, 7) is 1.25. The van der Waals surface area contributed by atoms with Crippen LogP contribution >= 0.6 is 0 Å². The van der Waals surface area contributed by atoms with Crippen LogP contribution in [0, 0.1) is 5.92 Å². The predicted octanol–water partition coefficient (Wildman–Crippen LogP) is -0.192. The van der Waals surface area contributed by atoms with Crippen molar-refractivity contribution in [1.29, 1.82) is 0 Å². The van der Waals surface area contributed by atoms with Crippen LogP contribution in [0.5, 0.6) is 0 Å². The first-order chi connectivity index (χ1) is 10.9. The van der Waals surface area contributed by atoms with Crippen molar-refractivity contribution in [3.05, 3.63) is 24.5 Å². The number of carbonyl (C=O) groups is 2. The van der Waals surface area contributed by atoms with E-state index in [4.69, 9.17) is 0 Å². The highest BCUT2D eigenvalue weighted by molar-refractivity contribution is 7.88. The van der Waals surface area contributed by atoms with Gasteiger partial charge >= 0.3 is 11.8 Å². The molecule has 9 heteroatoms. The van der Waals surface area contributed by atoms with Crippen molar-refractivity contribution in [3.8, 4) is 0 Å². The molecule has 0 saturated carbocycles. The third-order valence-electron chi connectivity index (χ3n) is 3.72. The number of nitrogens with one attached hydrogen (secondary N) is 2. The molecule has 0 radical (unpaired) electrons. The summed E-state index contributed by atoms with van der Waals surface area (Å²) in [5, 5.41) is 5.04. The van der Waals surface area contributed by atoms with Gasteiger partial charge in [0.25, 0.3) is 0 Å².